The summed E-state index contributed by atoms with van der Waals surface area (Å²) in [4.78, 5) is 11.6. The molecule has 3 atom stereocenters. The van der Waals surface area contributed by atoms with Crippen molar-refractivity contribution < 1.29 is 14.3 Å². The Bertz CT molecular complexity index is 265. The van der Waals surface area contributed by atoms with E-state index in [-0.39, 0.29) is 24.3 Å². The highest BCUT2D eigenvalue weighted by Crippen LogP contribution is 2.21. The second-order valence-electron chi connectivity index (χ2n) is 5.45. The Morgan fingerprint density at radius 2 is 2.12 bits per heavy atom. The smallest absolute Gasteiger partial charge is 0.407 e. The van der Waals surface area contributed by atoms with Crippen LogP contribution in [0.15, 0.2) is 0 Å². The van der Waals surface area contributed by atoms with Gasteiger partial charge in [0.2, 0.25) is 0 Å². The van der Waals surface area contributed by atoms with Crippen molar-refractivity contribution in [1.29, 1.82) is 0 Å². The molecule has 3 unspecified atom stereocenters. The SMILES string of the molecule is CC1OC(CBr)CCC1NC(=O)OC(C)(C)C. The Balaban J connectivity index is 2.40. The molecule has 1 rings (SSSR count). The third-order valence-corrected chi connectivity index (χ3v) is 3.37. The maximum Gasteiger partial charge on any atom is 0.407 e. The van der Waals surface area contributed by atoms with Crippen LogP contribution in [0, 0.1) is 0 Å². The van der Waals surface area contributed by atoms with Crippen molar-refractivity contribution in [3.63, 3.8) is 0 Å². The van der Waals surface area contributed by atoms with Crippen LogP contribution in [-0.2, 0) is 9.47 Å². The minimum atomic E-state index is -0.457. The lowest BCUT2D eigenvalue weighted by molar-refractivity contribution is -0.0484. The highest BCUT2D eigenvalue weighted by atomic mass is 79.9. The van der Waals surface area contributed by atoms with Gasteiger partial charge in [-0.15, -0.1) is 0 Å². The normalized spacial score (nSPS) is 29.8. The Hall–Kier alpha value is -0.290. The molecule has 0 radical (unpaired) electrons. The van der Waals surface area contributed by atoms with Gasteiger partial charge >= 0.3 is 6.09 Å². The van der Waals surface area contributed by atoms with E-state index in [4.69, 9.17) is 9.47 Å². The average Bonchev–Trinajstić information content (AvgIpc) is 2.18. The minimum absolute atomic E-state index is 0.0267. The van der Waals surface area contributed by atoms with Crippen molar-refractivity contribution in [2.75, 3.05) is 5.33 Å². The third-order valence-electron chi connectivity index (χ3n) is 2.65. The van der Waals surface area contributed by atoms with E-state index in [0.717, 1.165) is 18.2 Å². The molecule has 100 valence electrons. The van der Waals surface area contributed by atoms with Gasteiger partial charge in [-0.1, -0.05) is 15.9 Å². The molecule has 0 aliphatic carbocycles. The largest absolute Gasteiger partial charge is 0.444 e. The molecule has 1 heterocycles. The summed E-state index contributed by atoms with van der Waals surface area (Å²) in [5.41, 5.74) is -0.457. The fourth-order valence-corrected chi connectivity index (χ4v) is 2.30. The molecular formula is C12H22BrNO3. The predicted molar refractivity (Wildman–Crippen MR) is 70.5 cm³/mol. The third kappa shape index (κ3) is 5.25. The summed E-state index contributed by atoms with van der Waals surface area (Å²) in [5, 5.41) is 3.71. The zero-order valence-electron chi connectivity index (χ0n) is 11.0. The highest BCUT2D eigenvalue weighted by Gasteiger charge is 2.30. The molecule has 17 heavy (non-hydrogen) atoms. The number of hydrogen-bond donors (Lipinski definition) is 1. The van der Waals surface area contributed by atoms with Crippen LogP contribution < -0.4 is 5.32 Å². The molecule has 1 fully saturated rings. The van der Waals surface area contributed by atoms with Crippen LogP contribution in [0.2, 0.25) is 0 Å². The number of alkyl halides is 1. The molecule has 1 saturated heterocycles. The second-order valence-corrected chi connectivity index (χ2v) is 6.10. The molecule has 5 heteroatoms. The van der Waals surface area contributed by atoms with Crippen LogP contribution in [-0.4, -0.2) is 35.3 Å². The van der Waals surface area contributed by atoms with Crippen molar-refractivity contribution in [3.8, 4) is 0 Å². The van der Waals surface area contributed by atoms with Crippen LogP contribution in [0.5, 0.6) is 0 Å². The van der Waals surface area contributed by atoms with E-state index >= 15 is 0 Å². The number of nitrogens with one attached hydrogen (secondary N) is 1. The van der Waals surface area contributed by atoms with Gasteiger partial charge in [-0.3, -0.25) is 0 Å². The Morgan fingerprint density at radius 3 is 2.59 bits per heavy atom. The molecule has 0 spiro atoms. The van der Waals surface area contributed by atoms with Crippen LogP contribution in [0.4, 0.5) is 4.79 Å². The van der Waals surface area contributed by atoms with E-state index in [1.807, 2.05) is 27.7 Å². The van der Waals surface area contributed by atoms with Gasteiger partial charge in [0.25, 0.3) is 0 Å². The van der Waals surface area contributed by atoms with Gasteiger partial charge in [0.15, 0.2) is 0 Å². The van der Waals surface area contributed by atoms with Crippen molar-refractivity contribution in [1.82, 2.24) is 5.32 Å². The van der Waals surface area contributed by atoms with E-state index in [1.54, 1.807) is 0 Å². The van der Waals surface area contributed by atoms with Gasteiger partial charge < -0.3 is 14.8 Å². The number of ether oxygens (including phenoxy) is 2. The summed E-state index contributed by atoms with van der Waals surface area (Å²) in [7, 11) is 0. The molecule has 0 aromatic rings. The quantitative estimate of drug-likeness (QED) is 0.798. The van der Waals surface area contributed by atoms with Crippen LogP contribution in [0.3, 0.4) is 0 Å². The predicted octanol–water partition coefficient (Wildman–Crippen LogP) is 2.84. The monoisotopic (exact) mass is 307 g/mol. The van der Waals surface area contributed by atoms with Crippen molar-refractivity contribution >= 4 is 22.0 Å². The molecule has 1 N–H and O–H groups in total. The molecule has 4 nitrogen and oxygen atoms in total. The molecule has 1 amide bonds. The topological polar surface area (TPSA) is 47.6 Å². The van der Waals surface area contributed by atoms with Crippen LogP contribution in [0.1, 0.15) is 40.5 Å². The summed E-state index contributed by atoms with van der Waals surface area (Å²) < 4.78 is 11.0. The zero-order chi connectivity index (χ0) is 13.1. The molecule has 1 aliphatic heterocycles. The second kappa shape index (κ2) is 6.05. The summed E-state index contributed by atoms with van der Waals surface area (Å²) in [5.74, 6) is 0. The summed E-state index contributed by atoms with van der Waals surface area (Å²) in [6, 6.07) is 0.0418. The number of halogens is 1. The lowest BCUT2D eigenvalue weighted by atomic mass is 10.0. The standard InChI is InChI=1S/C12H22BrNO3/c1-8-10(6-5-9(7-13)16-8)14-11(15)17-12(2,3)4/h8-10H,5-7H2,1-4H3,(H,14,15). The Labute approximate surface area is 112 Å². The van der Waals surface area contributed by atoms with Gasteiger partial charge in [0.1, 0.15) is 5.60 Å². The minimum Gasteiger partial charge on any atom is -0.444 e. The first-order valence-electron chi connectivity index (χ1n) is 6.03. The molecule has 0 bridgehead atoms. The van der Waals surface area contributed by atoms with Gasteiger partial charge in [0, 0.05) is 5.33 Å². The van der Waals surface area contributed by atoms with Gasteiger partial charge in [-0.2, -0.15) is 0 Å². The molecule has 0 aromatic carbocycles. The number of amides is 1. The lowest BCUT2D eigenvalue weighted by Gasteiger charge is -2.34. The Morgan fingerprint density at radius 1 is 1.47 bits per heavy atom. The first kappa shape index (κ1) is 14.8. The number of carbonyl (C=O) groups is 1. The fraction of sp³-hybridized carbons (Fsp3) is 0.917. The molecular weight excluding hydrogens is 286 g/mol. The lowest BCUT2D eigenvalue weighted by Crippen LogP contribution is -2.49. The summed E-state index contributed by atoms with van der Waals surface area (Å²) >= 11 is 3.41. The fourth-order valence-electron chi connectivity index (χ4n) is 1.83. The zero-order valence-corrected chi connectivity index (χ0v) is 12.5. The number of hydrogen-bond acceptors (Lipinski definition) is 3. The van der Waals surface area contributed by atoms with E-state index in [1.165, 1.54) is 0 Å². The van der Waals surface area contributed by atoms with Gasteiger partial charge in [0.05, 0.1) is 18.2 Å². The van der Waals surface area contributed by atoms with Crippen molar-refractivity contribution in [3.05, 3.63) is 0 Å². The van der Waals surface area contributed by atoms with Gasteiger partial charge in [-0.05, 0) is 40.5 Å². The number of carbonyl (C=O) groups excluding carboxylic acids is 1. The average molecular weight is 308 g/mol. The van der Waals surface area contributed by atoms with E-state index in [2.05, 4.69) is 21.2 Å². The first-order chi connectivity index (χ1) is 7.81. The maximum atomic E-state index is 11.6. The van der Waals surface area contributed by atoms with Crippen LogP contribution >= 0.6 is 15.9 Å². The van der Waals surface area contributed by atoms with E-state index < -0.39 is 5.60 Å². The van der Waals surface area contributed by atoms with Crippen LogP contribution in [0.25, 0.3) is 0 Å². The number of rotatable bonds is 2. The Kier molecular flexibility index (Phi) is 5.25. The highest BCUT2D eigenvalue weighted by molar-refractivity contribution is 9.09. The summed E-state index contributed by atoms with van der Waals surface area (Å²) in [6.45, 7) is 7.55. The van der Waals surface area contributed by atoms with E-state index in [0.29, 0.717) is 0 Å². The van der Waals surface area contributed by atoms with Crippen molar-refractivity contribution in [2.24, 2.45) is 0 Å². The maximum absolute atomic E-state index is 11.6. The molecule has 1 aliphatic rings. The number of alkyl carbamates (subject to hydrolysis) is 1. The van der Waals surface area contributed by atoms with E-state index in [9.17, 15) is 4.79 Å². The molecule has 0 saturated carbocycles. The van der Waals surface area contributed by atoms with Gasteiger partial charge in [-0.25, -0.2) is 4.79 Å². The summed E-state index contributed by atoms with van der Waals surface area (Å²) in [6.07, 6.45) is 1.79. The molecule has 0 aromatic heterocycles. The first-order valence-corrected chi connectivity index (χ1v) is 7.15. The van der Waals surface area contributed by atoms with Crippen molar-refractivity contribution in [2.45, 2.75) is 64.4 Å².